The van der Waals surface area contributed by atoms with Crippen LogP contribution in [-0.2, 0) is 9.53 Å². The molecule has 2 aliphatic rings. The van der Waals surface area contributed by atoms with Crippen LogP contribution in [0, 0.1) is 11.8 Å². The first kappa shape index (κ1) is 5.03. The van der Waals surface area contributed by atoms with Crippen molar-refractivity contribution < 1.29 is 9.53 Å². The molecule has 0 aromatic rings. The molecule has 2 unspecified atom stereocenters. The van der Waals surface area contributed by atoms with E-state index in [0.717, 1.165) is 11.8 Å². The highest BCUT2D eigenvalue weighted by Gasteiger charge is 2.67. The summed E-state index contributed by atoms with van der Waals surface area (Å²) in [5.74, 6) is 1.19. The predicted octanol–water partition coefficient (Wildman–Crippen LogP) is 0.734. The molecule has 0 bridgehead atoms. The van der Waals surface area contributed by atoms with Crippen molar-refractivity contribution in [2.75, 3.05) is 0 Å². The summed E-state index contributed by atoms with van der Waals surface area (Å²) in [6, 6.07) is 0. The maximum absolute atomic E-state index is 10.5. The number of carbonyl (C=O) groups is 1. The van der Waals surface area contributed by atoms with E-state index in [1.54, 1.807) is 0 Å². The van der Waals surface area contributed by atoms with E-state index in [9.17, 15) is 4.79 Å². The maximum atomic E-state index is 10.5. The summed E-state index contributed by atoms with van der Waals surface area (Å²) < 4.78 is 4.92. The molecule has 48 valence electrons. The Hall–Kier alpha value is -0.790. The van der Waals surface area contributed by atoms with Crippen LogP contribution in [-0.4, -0.2) is 12.1 Å². The summed E-state index contributed by atoms with van der Waals surface area (Å²) in [5, 5.41) is 0. The summed E-state index contributed by atoms with van der Waals surface area (Å²) in [4.78, 5) is 10.5. The zero-order valence-corrected chi connectivity index (χ0v) is 5.04. The minimum absolute atomic E-state index is 0.271. The van der Waals surface area contributed by atoms with Gasteiger partial charge in [0.25, 0.3) is 0 Å². The number of ether oxygens (including phenoxy) is 1. The van der Waals surface area contributed by atoms with E-state index in [4.69, 9.17) is 4.74 Å². The van der Waals surface area contributed by atoms with Gasteiger partial charge in [-0.1, -0.05) is 6.58 Å². The van der Waals surface area contributed by atoms with Gasteiger partial charge in [0.15, 0.2) is 0 Å². The molecule has 0 N–H and O–H groups in total. The van der Waals surface area contributed by atoms with Crippen molar-refractivity contribution >= 4 is 5.97 Å². The Morgan fingerprint density at radius 1 is 1.67 bits per heavy atom. The Kier molecular flexibility index (Phi) is 0.770. The third-order valence-electron chi connectivity index (χ3n) is 2.01. The molecule has 0 aliphatic heterocycles. The molecule has 0 aromatic carbocycles. The van der Waals surface area contributed by atoms with Gasteiger partial charge < -0.3 is 4.74 Å². The van der Waals surface area contributed by atoms with Crippen LogP contribution < -0.4 is 0 Å². The molecule has 0 amide bonds. The molecule has 2 heteroatoms. The minimum atomic E-state index is -0.271. The number of hydrogen-bond acceptors (Lipinski definition) is 2. The summed E-state index contributed by atoms with van der Waals surface area (Å²) in [7, 11) is 0. The zero-order chi connectivity index (χ0) is 6.43. The molecule has 2 saturated carbocycles. The molecule has 0 spiro atoms. The molecule has 2 rings (SSSR count). The largest absolute Gasteiger partial charge is 0.459 e. The molecule has 2 aliphatic carbocycles. The number of rotatable bonds is 2. The van der Waals surface area contributed by atoms with Crippen LogP contribution in [0.25, 0.3) is 0 Å². The fourth-order valence-corrected chi connectivity index (χ4v) is 1.07. The summed E-state index contributed by atoms with van der Waals surface area (Å²) >= 11 is 0. The lowest BCUT2D eigenvalue weighted by Gasteiger charge is -2.01. The Labute approximate surface area is 53.5 Å². The van der Waals surface area contributed by atoms with Crippen LogP contribution in [0.4, 0.5) is 0 Å². The Bertz CT molecular complexity index is 166. The second-order valence-corrected chi connectivity index (χ2v) is 2.67. The van der Waals surface area contributed by atoms with E-state index in [2.05, 4.69) is 6.58 Å². The van der Waals surface area contributed by atoms with Crippen LogP contribution in [0.5, 0.6) is 0 Å². The predicted molar refractivity (Wildman–Crippen MR) is 31.7 cm³/mol. The van der Waals surface area contributed by atoms with Gasteiger partial charge >= 0.3 is 5.97 Å². The van der Waals surface area contributed by atoms with Crippen LogP contribution in [0.3, 0.4) is 0 Å². The number of hydrogen-bond donors (Lipinski definition) is 0. The Morgan fingerprint density at radius 3 is 2.67 bits per heavy atom. The number of esters is 1. The van der Waals surface area contributed by atoms with Gasteiger partial charge in [-0.3, -0.25) is 0 Å². The highest BCUT2D eigenvalue weighted by molar-refractivity contribution is 5.81. The van der Waals surface area contributed by atoms with E-state index in [0.29, 0.717) is 0 Å². The third kappa shape index (κ3) is 0.661. The SMILES string of the molecule is C=CC(=O)OC1C2CC21. The van der Waals surface area contributed by atoms with Crippen LogP contribution in [0.2, 0.25) is 0 Å². The zero-order valence-electron chi connectivity index (χ0n) is 5.04. The van der Waals surface area contributed by atoms with Crippen molar-refractivity contribution in [2.45, 2.75) is 12.5 Å². The molecule has 9 heavy (non-hydrogen) atoms. The molecule has 2 nitrogen and oxygen atoms in total. The number of carbonyl (C=O) groups excluding carboxylic acids is 1. The Morgan fingerprint density at radius 2 is 2.33 bits per heavy atom. The second-order valence-electron chi connectivity index (χ2n) is 2.67. The molecule has 0 radical (unpaired) electrons. The summed E-state index contributed by atoms with van der Waals surface area (Å²) in [6.45, 7) is 3.31. The fraction of sp³-hybridized carbons (Fsp3) is 0.571. The lowest BCUT2D eigenvalue weighted by molar-refractivity contribution is -0.140. The van der Waals surface area contributed by atoms with Crippen molar-refractivity contribution in [1.29, 1.82) is 0 Å². The molecular formula is C7H8O2. The van der Waals surface area contributed by atoms with Crippen LogP contribution in [0.1, 0.15) is 6.42 Å². The van der Waals surface area contributed by atoms with Crippen LogP contribution >= 0.6 is 0 Å². The van der Waals surface area contributed by atoms with Gasteiger partial charge in [0, 0.05) is 17.9 Å². The van der Waals surface area contributed by atoms with E-state index >= 15 is 0 Å². The van der Waals surface area contributed by atoms with E-state index in [-0.39, 0.29) is 12.1 Å². The van der Waals surface area contributed by atoms with Crippen molar-refractivity contribution in [3.63, 3.8) is 0 Å². The van der Waals surface area contributed by atoms with Crippen LogP contribution in [0.15, 0.2) is 12.7 Å². The smallest absolute Gasteiger partial charge is 0.330 e. The normalized spacial score (nSPS) is 42.9. The van der Waals surface area contributed by atoms with E-state index < -0.39 is 0 Å². The molecule has 0 heterocycles. The van der Waals surface area contributed by atoms with Gasteiger partial charge in [0.05, 0.1) is 0 Å². The topological polar surface area (TPSA) is 26.3 Å². The van der Waals surface area contributed by atoms with Gasteiger partial charge in [0.2, 0.25) is 0 Å². The van der Waals surface area contributed by atoms with Crippen molar-refractivity contribution in [3.8, 4) is 0 Å². The first-order valence-electron chi connectivity index (χ1n) is 3.16. The lowest BCUT2D eigenvalue weighted by atomic mass is 10.4. The summed E-state index contributed by atoms with van der Waals surface area (Å²) in [5.41, 5.74) is 0. The van der Waals surface area contributed by atoms with Gasteiger partial charge in [-0.2, -0.15) is 0 Å². The van der Waals surface area contributed by atoms with Crippen molar-refractivity contribution in [2.24, 2.45) is 11.8 Å². The molecule has 2 fully saturated rings. The van der Waals surface area contributed by atoms with E-state index in [1.807, 2.05) is 0 Å². The third-order valence-corrected chi connectivity index (χ3v) is 2.01. The summed E-state index contributed by atoms with van der Waals surface area (Å²) in [6.07, 6.45) is 2.77. The highest BCUT2D eigenvalue weighted by Crippen LogP contribution is 2.64. The second kappa shape index (κ2) is 1.38. The van der Waals surface area contributed by atoms with Gasteiger partial charge in [-0.15, -0.1) is 0 Å². The molecule has 2 atom stereocenters. The standard InChI is InChI=1S/C7H8O2/c1-2-6(8)9-7-4-3-5(4)7/h2,4-5,7H,1,3H2. The van der Waals surface area contributed by atoms with Gasteiger partial charge in [-0.05, 0) is 6.42 Å². The number of fused-ring (bicyclic) bond motifs is 1. The minimum Gasteiger partial charge on any atom is -0.459 e. The Balaban J connectivity index is 1.78. The van der Waals surface area contributed by atoms with Crippen molar-refractivity contribution in [1.82, 2.24) is 0 Å². The van der Waals surface area contributed by atoms with Gasteiger partial charge in [-0.25, -0.2) is 4.79 Å². The average Bonchev–Trinajstić information content (AvgIpc) is 2.67. The quantitative estimate of drug-likeness (QED) is 0.400. The molecular weight excluding hydrogens is 116 g/mol. The van der Waals surface area contributed by atoms with E-state index in [1.165, 1.54) is 12.5 Å². The first-order chi connectivity index (χ1) is 4.33. The maximum Gasteiger partial charge on any atom is 0.330 e. The molecule has 0 saturated heterocycles. The fourth-order valence-electron chi connectivity index (χ4n) is 1.07. The van der Waals surface area contributed by atoms with Crippen molar-refractivity contribution in [3.05, 3.63) is 12.7 Å². The molecule has 0 aromatic heterocycles. The monoisotopic (exact) mass is 124 g/mol. The average molecular weight is 124 g/mol. The highest BCUT2D eigenvalue weighted by atomic mass is 16.6. The lowest BCUT2D eigenvalue weighted by Crippen LogP contribution is -2.08. The van der Waals surface area contributed by atoms with Gasteiger partial charge in [0.1, 0.15) is 6.10 Å². The first-order valence-corrected chi connectivity index (χ1v) is 3.16.